The molecule has 0 bridgehead atoms. The van der Waals surface area contributed by atoms with Crippen molar-refractivity contribution >= 4 is 0 Å². The number of aliphatic hydroxyl groups is 1. The average Bonchev–Trinajstić information content (AvgIpc) is 2.59. The molecular formula is C12H18O2. The summed E-state index contributed by atoms with van der Waals surface area (Å²) in [5.74, 6) is 1.98. The highest BCUT2D eigenvalue weighted by molar-refractivity contribution is 5.08. The lowest BCUT2D eigenvalue weighted by Crippen LogP contribution is -1.89. The zero-order valence-electron chi connectivity index (χ0n) is 8.92. The van der Waals surface area contributed by atoms with Gasteiger partial charge in [0.05, 0.1) is 6.61 Å². The number of hydrogen-bond donors (Lipinski definition) is 1. The molecule has 0 aromatic carbocycles. The highest BCUT2D eigenvalue weighted by Crippen LogP contribution is 2.10. The second-order valence-electron chi connectivity index (χ2n) is 3.43. The molecule has 1 aromatic heterocycles. The standard InChI is InChI=1S/C12H18O2/c1-3-11(9-13)5-4-6-12-8-7-10(2)14-12/h5,7-8,13H,3-4,6,9H2,1-2H3/b11-5-. The predicted octanol–water partition coefficient (Wildman–Crippen LogP) is 2.85. The minimum atomic E-state index is 0.174. The van der Waals surface area contributed by atoms with Crippen LogP contribution in [-0.2, 0) is 6.42 Å². The van der Waals surface area contributed by atoms with Crippen LogP contribution in [-0.4, -0.2) is 11.7 Å². The van der Waals surface area contributed by atoms with Gasteiger partial charge in [-0.3, -0.25) is 0 Å². The molecule has 2 heteroatoms. The molecule has 1 N–H and O–H groups in total. The van der Waals surface area contributed by atoms with Crippen molar-refractivity contribution in [1.29, 1.82) is 0 Å². The lowest BCUT2D eigenvalue weighted by Gasteiger charge is -1.98. The van der Waals surface area contributed by atoms with Crippen LogP contribution in [0.15, 0.2) is 28.2 Å². The first-order valence-corrected chi connectivity index (χ1v) is 5.10. The van der Waals surface area contributed by atoms with Crippen molar-refractivity contribution in [3.63, 3.8) is 0 Å². The first-order valence-electron chi connectivity index (χ1n) is 5.10. The molecule has 1 heterocycles. The van der Waals surface area contributed by atoms with Gasteiger partial charge in [-0.15, -0.1) is 0 Å². The van der Waals surface area contributed by atoms with Gasteiger partial charge in [-0.25, -0.2) is 0 Å². The van der Waals surface area contributed by atoms with Crippen molar-refractivity contribution < 1.29 is 9.52 Å². The SMILES string of the molecule is CC/C(=C/CCc1ccc(C)o1)CO. The molecule has 0 unspecified atom stereocenters. The molecule has 14 heavy (non-hydrogen) atoms. The molecule has 0 aliphatic carbocycles. The minimum absolute atomic E-state index is 0.174. The van der Waals surface area contributed by atoms with Crippen LogP contribution >= 0.6 is 0 Å². The molecule has 0 fully saturated rings. The van der Waals surface area contributed by atoms with E-state index in [0.29, 0.717) is 0 Å². The maximum absolute atomic E-state index is 8.94. The Balaban J connectivity index is 2.37. The molecule has 2 nitrogen and oxygen atoms in total. The second-order valence-corrected chi connectivity index (χ2v) is 3.43. The molecule has 0 spiro atoms. The van der Waals surface area contributed by atoms with Gasteiger partial charge in [-0.2, -0.15) is 0 Å². The van der Waals surface area contributed by atoms with Crippen molar-refractivity contribution in [2.75, 3.05) is 6.61 Å². The molecule has 0 saturated heterocycles. The van der Waals surface area contributed by atoms with Crippen LogP contribution in [0.1, 0.15) is 31.3 Å². The summed E-state index contributed by atoms with van der Waals surface area (Å²) in [4.78, 5) is 0. The van der Waals surface area contributed by atoms with Gasteiger partial charge in [0, 0.05) is 6.42 Å². The van der Waals surface area contributed by atoms with Crippen LogP contribution in [0.4, 0.5) is 0 Å². The highest BCUT2D eigenvalue weighted by atomic mass is 16.3. The zero-order valence-corrected chi connectivity index (χ0v) is 8.92. The summed E-state index contributed by atoms with van der Waals surface area (Å²) in [6.45, 7) is 4.18. The van der Waals surface area contributed by atoms with Gasteiger partial charge >= 0.3 is 0 Å². The van der Waals surface area contributed by atoms with Gasteiger partial charge in [0.25, 0.3) is 0 Å². The normalized spacial score (nSPS) is 12.1. The Hall–Kier alpha value is -1.02. The summed E-state index contributed by atoms with van der Waals surface area (Å²) in [5.41, 5.74) is 1.10. The Morgan fingerprint density at radius 3 is 2.79 bits per heavy atom. The predicted molar refractivity (Wildman–Crippen MR) is 57.2 cm³/mol. The third-order valence-corrected chi connectivity index (χ3v) is 2.28. The Bertz CT molecular complexity index is 291. The van der Waals surface area contributed by atoms with E-state index in [4.69, 9.17) is 9.52 Å². The Labute approximate surface area is 85.2 Å². The van der Waals surface area contributed by atoms with Crippen LogP contribution in [0.3, 0.4) is 0 Å². The van der Waals surface area contributed by atoms with Gasteiger partial charge in [0.1, 0.15) is 11.5 Å². The summed E-state index contributed by atoms with van der Waals surface area (Å²) < 4.78 is 5.44. The summed E-state index contributed by atoms with van der Waals surface area (Å²) in [7, 11) is 0. The van der Waals surface area contributed by atoms with E-state index in [0.717, 1.165) is 36.4 Å². The summed E-state index contributed by atoms with van der Waals surface area (Å²) in [5, 5.41) is 8.94. The number of allylic oxidation sites excluding steroid dienone is 1. The lowest BCUT2D eigenvalue weighted by atomic mass is 10.1. The fourth-order valence-electron chi connectivity index (χ4n) is 1.36. The molecule has 0 amide bonds. The number of aliphatic hydroxyl groups excluding tert-OH is 1. The Morgan fingerprint density at radius 1 is 1.50 bits per heavy atom. The van der Waals surface area contributed by atoms with Gasteiger partial charge in [0.2, 0.25) is 0 Å². The second kappa shape index (κ2) is 5.66. The van der Waals surface area contributed by atoms with Crippen LogP contribution < -0.4 is 0 Å². The average molecular weight is 194 g/mol. The molecule has 0 aliphatic heterocycles. The molecule has 0 saturated carbocycles. The van der Waals surface area contributed by atoms with Crippen LogP contribution in [0.25, 0.3) is 0 Å². The van der Waals surface area contributed by atoms with Crippen LogP contribution in [0.5, 0.6) is 0 Å². The van der Waals surface area contributed by atoms with Gasteiger partial charge < -0.3 is 9.52 Å². The van der Waals surface area contributed by atoms with Crippen molar-refractivity contribution in [2.24, 2.45) is 0 Å². The van der Waals surface area contributed by atoms with Crippen LogP contribution in [0, 0.1) is 6.92 Å². The largest absolute Gasteiger partial charge is 0.466 e. The van der Waals surface area contributed by atoms with Crippen molar-refractivity contribution in [3.05, 3.63) is 35.3 Å². The first kappa shape index (κ1) is 11.1. The van der Waals surface area contributed by atoms with Gasteiger partial charge in [-0.1, -0.05) is 13.0 Å². The third kappa shape index (κ3) is 3.38. The van der Waals surface area contributed by atoms with Gasteiger partial charge in [0.15, 0.2) is 0 Å². The van der Waals surface area contributed by atoms with E-state index in [9.17, 15) is 0 Å². The van der Waals surface area contributed by atoms with E-state index in [2.05, 4.69) is 13.0 Å². The molecule has 1 aromatic rings. The van der Waals surface area contributed by atoms with E-state index in [1.165, 1.54) is 0 Å². The monoisotopic (exact) mass is 194 g/mol. The molecule has 78 valence electrons. The van der Waals surface area contributed by atoms with E-state index < -0.39 is 0 Å². The van der Waals surface area contributed by atoms with E-state index >= 15 is 0 Å². The van der Waals surface area contributed by atoms with Gasteiger partial charge in [-0.05, 0) is 37.5 Å². The number of rotatable bonds is 5. The van der Waals surface area contributed by atoms with Crippen molar-refractivity contribution in [2.45, 2.75) is 33.1 Å². The van der Waals surface area contributed by atoms with Crippen molar-refractivity contribution in [1.82, 2.24) is 0 Å². The van der Waals surface area contributed by atoms with E-state index in [1.54, 1.807) is 0 Å². The fourth-order valence-corrected chi connectivity index (χ4v) is 1.36. The van der Waals surface area contributed by atoms with E-state index in [-0.39, 0.29) is 6.61 Å². The van der Waals surface area contributed by atoms with Crippen LogP contribution in [0.2, 0.25) is 0 Å². The Kier molecular flexibility index (Phi) is 4.47. The molecule has 0 aliphatic rings. The summed E-state index contributed by atoms with van der Waals surface area (Å²) in [6, 6.07) is 3.99. The zero-order chi connectivity index (χ0) is 10.4. The molecular weight excluding hydrogens is 176 g/mol. The molecule has 1 rings (SSSR count). The Morgan fingerprint density at radius 2 is 2.29 bits per heavy atom. The summed E-state index contributed by atoms with van der Waals surface area (Å²) >= 11 is 0. The number of furan rings is 1. The summed E-state index contributed by atoms with van der Waals surface area (Å²) in [6.07, 6.45) is 4.87. The number of aryl methyl sites for hydroxylation is 2. The topological polar surface area (TPSA) is 33.4 Å². The number of hydrogen-bond acceptors (Lipinski definition) is 2. The quantitative estimate of drug-likeness (QED) is 0.731. The fraction of sp³-hybridized carbons (Fsp3) is 0.500. The van der Waals surface area contributed by atoms with E-state index in [1.807, 2.05) is 19.1 Å². The smallest absolute Gasteiger partial charge is 0.104 e. The minimum Gasteiger partial charge on any atom is -0.466 e. The first-order chi connectivity index (χ1) is 6.76. The maximum atomic E-state index is 8.94. The van der Waals surface area contributed by atoms with Crippen molar-refractivity contribution in [3.8, 4) is 0 Å². The molecule has 0 atom stereocenters. The highest BCUT2D eigenvalue weighted by Gasteiger charge is 1.97. The lowest BCUT2D eigenvalue weighted by molar-refractivity contribution is 0.327. The maximum Gasteiger partial charge on any atom is 0.104 e. The molecule has 0 radical (unpaired) electrons. The third-order valence-electron chi connectivity index (χ3n) is 2.28.